The van der Waals surface area contributed by atoms with Crippen molar-refractivity contribution in [2.75, 3.05) is 37.7 Å². The van der Waals surface area contributed by atoms with Gasteiger partial charge in [-0.25, -0.2) is 0 Å². The number of ether oxygens (including phenoxy) is 1. The standard InChI is InChI=1S/C17H19N3O/c1-2-4-14(5-3-1)17-15-6-7-16(20(15)9-8-18-17)19-10-12-21-13-11-19/h1-7H,8-13H2. The highest BCUT2D eigenvalue weighted by Gasteiger charge is 2.22. The van der Waals surface area contributed by atoms with Crippen LogP contribution < -0.4 is 4.90 Å². The second-order valence-corrected chi connectivity index (χ2v) is 5.42. The minimum Gasteiger partial charge on any atom is -0.378 e. The zero-order chi connectivity index (χ0) is 14.1. The van der Waals surface area contributed by atoms with Gasteiger partial charge in [0.25, 0.3) is 0 Å². The van der Waals surface area contributed by atoms with E-state index in [1.807, 2.05) is 6.07 Å². The summed E-state index contributed by atoms with van der Waals surface area (Å²) in [4.78, 5) is 7.17. The molecule has 4 nitrogen and oxygen atoms in total. The summed E-state index contributed by atoms with van der Waals surface area (Å²) in [6, 6.07) is 14.9. The van der Waals surface area contributed by atoms with Crippen molar-refractivity contribution in [1.29, 1.82) is 0 Å². The maximum Gasteiger partial charge on any atom is 0.109 e. The Morgan fingerprint density at radius 2 is 1.71 bits per heavy atom. The Labute approximate surface area is 124 Å². The molecular weight excluding hydrogens is 262 g/mol. The molecule has 1 aromatic heterocycles. The summed E-state index contributed by atoms with van der Waals surface area (Å²) in [5, 5.41) is 0. The van der Waals surface area contributed by atoms with E-state index in [9.17, 15) is 0 Å². The van der Waals surface area contributed by atoms with Gasteiger partial charge in [0.05, 0.1) is 31.2 Å². The minimum absolute atomic E-state index is 0.820. The Morgan fingerprint density at radius 3 is 2.52 bits per heavy atom. The molecule has 1 fully saturated rings. The summed E-state index contributed by atoms with van der Waals surface area (Å²) in [5.74, 6) is 1.30. The van der Waals surface area contributed by atoms with E-state index in [4.69, 9.17) is 9.73 Å². The lowest BCUT2D eigenvalue weighted by Crippen LogP contribution is -2.38. The summed E-state index contributed by atoms with van der Waals surface area (Å²) in [5.41, 5.74) is 3.54. The molecule has 0 N–H and O–H groups in total. The van der Waals surface area contributed by atoms with Gasteiger partial charge >= 0.3 is 0 Å². The van der Waals surface area contributed by atoms with E-state index in [-0.39, 0.29) is 0 Å². The number of fused-ring (bicyclic) bond motifs is 1. The topological polar surface area (TPSA) is 29.8 Å². The van der Waals surface area contributed by atoms with Crippen LogP contribution in [0.1, 0.15) is 11.3 Å². The summed E-state index contributed by atoms with van der Waals surface area (Å²) in [6.07, 6.45) is 0. The first-order chi connectivity index (χ1) is 10.4. The fourth-order valence-electron chi connectivity index (χ4n) is 3.15. The summed E-state index contributed by atoms with van der Waals surface area (Å²) >= 11 is 0. The molecule has 0 radical (unpaired) electrons. The quantitative estimate of drug-likeness (QED) is 0.844. The van der Waals surface area contributed by atoms with Crippen molar-refractivity contribution in [2.24, 2.45) is 4.99 Å². The molecule has 2 aliphatic rings. The average molecular weight is 281 g/mol. The van der Waals surface area contributed by atoms with Crippen LogP contribution in [0.4, 0.5) is 5.82 Å². The molecule has 0 spiro atoms. The highest BCUT2D eigenvalue weighted by molar-refractivity contribution is 6.12. The number of aliphatic imine (C=N–C) groups is 1. The van der Waals surface area contributed by atoms with Crippen molar-refractivity contribution < 1.29 is 4.74 Å². The Kier molecular flexibility index (Phi) is 3.24. The second kappa shape index (κ2) is 5.37. The van der Waals surface area contributed by atoms with Gasteiger partial charge in [-0.2, -0.15) is 0 Å². The first kappa shape index (κ1) is 12.7. The average Bonchev–Trinajstić information content (AvgIpc) is 3.00. The van der Waals surface area contributed by atoms with E-state index >= 15 is 0 Å². The van der Waals surface area contributed by atoms with Crippen LogP contribution in [-0.4, -0.2) is 43.1 Å². The SMILES string of the molecule is c1ccc(C2=NCCn3c2ccc3N2CCOCC2)cc1. The number of rotatable bonds is 2. The molecule has 0 amide bonds. The van der Waals surface area contributed by atoms with E-state index in [1.165, 1.54) is 17.1 Å². The maximum atomic E-state index is 5.46. The molecule has 0 aliphatic carbocycles. The molecular formula is C17H19N3O. The predicted octanol–water partition coefficient (Wildman–Crippen LogP) is 2.18. The van der Waals surface area contributed by atoms with E-state index in [2.05, 4.69) is 45.9 Å². The van der Waals surface area contributed by atoms with Crippen LogP contribution in [-0.2, 0) is 11.3 Å². The third kappa shape index (κ3) is 2.25. The largest absolute Gasteiger partial charge is 0.378 e. The van der Waals surface area contributed by atoms with Crippen LogP contribution in [0.15, 0.2) is 47.5 Å². The van der Waals surface area contributed by atoms with E-state index in [0.29, 0.717) is 0 Å². The zero-order valence-corrected chi connectivity index (χ0v) is 12.0. The predicted molar refractivity (Wildman–Crippen MR) is 84.4 cm³/mol. The zero-order valence-electron chi connectivity index (χ0n) is 12.0. The van der Waals surface area contributed by atoms with Crippen molar-refractivity contribution in [2.45, 2.75) is 6.54 Å². The summed E-state index contributed by atoms with van der Waals surface area (Å²) in [7, 11) is 0. The van der Waals surface area contributed by atoms with Crippen LogP contribution in [0, 0.1) is 0 Å². The highest BCUT2D eigenvalue weighted by atomic mass is 16.5. The van der Waals surface area contributed by atoms with Gasteiger partial charge in [0.15, 0.2) is 0 Å². The van der Waals surface area contributed by atoms with Gasteiger partial charge in [-0.05, 0) is 12.1 Å². The van der Waals surface area contributed by atoms with Crippen molar-refractivity contribution >= 4 is 11.5 Å². The van der Waals surface area contributed by atoms with Crippen molar-refractivity contribution in [3.05, 3.63) is 53.7 Å². The Balaban J connectivity index is 1.71. The number of benzene rings is 1. The lowest BCUT2D eigenvalue weighted by molar-refractivity contribution is 0.122. The molecule has 4 heteroatoms. The van der Waals surface area contributed by atoms with Gasteiger partial charge < -0.3 is 14.2 Å². The third-order valence-electron chi connectivity index (χ3n) is 4.18. The molecule has 0 unspecified atom stereocenters. The lowest BCUT2D eigenvalue weighted by Gasteiger charge is -2.31. The number of nitrogens with zero attached hydrogens (tertiary/aromatic N) is 3. The van der Waals surface area contributed by atoms with E-state index < -0.39 is 0 Å². The summed E-state index contributed by atoms with van der Waals surface area (Å²) in [6.45, 7) is 5.40. The fraction of sp³-hybridized carbons (Fsp3) is 0.353. The van der Waals surface area contributed by atoms with Crippen LogP contribution in [0.2, 0.25) is 0 Å². The highest BCUT2D eigenvalue weighted by Crippen LogP contribution is 2.25. The first-order valence-corrected chi connectivity index (χ1v) is 7.56. The summed E-state index contributed by atoms with van der Waals surface area (Å²) < 4.78 is 7.86. The molecule has 0 saturated carbocycles. The van der Waals surface area contributed by atoms with Gasteiger partial charge in [-0.15, -0.1) is 0 Å². The van der Waals surface area contributed by atoms with Gasteiger partial charge in [0, 0.05) is 25.2 Å². The van der Waals surface area contributed by atoms with Crippen LogP contribution in [0.5, 0.6) is 0 Å². The number of aromatic nitrogens is 1. The van der Waals surface area contributed by atoms with E-state index in [0.717, 1.165) is 45.1 Å². The lowest BCUT2D eigenvalue weighted by atomic mass is 10.1. The Hall–Kier alpha value is -2.07. The number of hydrogen-bond donors (Lipinski definition) is 0. The van der Waals surface area contributed by atoms with Crippen LogP contribution in [0.25, 0.3) is 0 Å². The molecule has 2 aliphatic heterocycles. The van der Waals surface area contributed by atoms with Crippen LogP contribution in [0.3, 0.4) is 0 Å². The molecule has 2 aromatic rings. The number of hydrogen-bond acceptors (Lipinski definition) is 3. The fourth-order valence-corrected chi connectivity index (χ4v) is 3.15. The van der Waals surface area contributed by atoms with Crippen molar-refractivity contribution in [3.8, 4) is 0 Å². The van der Waals surface area contributed by atoms with Crippen LogP contribution >= 0.6 is 0 Å². The smallest absolute Gasteiger partial charge is 0.109 e. The molecule has 1 aromatic carbocycles. The Morgan fingerprint density at radius 1 is 0.905 bits per heavy atom. The van der Waals surface area contributed by atoms with Crippen molar-refractivity contribution in [3.63, 3.8) is 0 Å². The number of anilines is 1. The maximum absolute atomic E-state index is 5.46. The Bertz CT molecular complexity index is 654. The second-order valence-electron chi connectivity index (χ2n) is 5.42. The normalized spacial score (nSPS) is 18.3. The molecule has 21 heavy (non-hydrogen) atoms. The third-order valence-corrected chi connectivity index (χ3v) is 4.18. The molecule has 108 valence electrons. The molecule has 4 rings (SSSR count). The van der Waals surface area contributed by atoms with Gasteiger partial charge in [-0.1, -0.05) is 30.3 Å². The van der Waals surface area contributed by atoms with Gasteiger partial charge in [0.1, 0.15) is 5.82 Å². The van der Waals surface area contributed by atoms with Gasteiger partial charge in [0.2, 0.25) is 0 Å². The van der Waals surface area contributed by atoms with Crippen molar-refractivity contribution in [1.82, 2.24) is 4.57 Å². The molecule has 1 saturated heterocycles. The number of morpholine rings is 1. The first-order valence-electron chi connectivity index (χ1n) is 7.56. The van der Waals surface area contributed by atoms with Gasteiger partial charge in [-0.3, -0.25) is 4.99 Å². The van der Waals surface area contributed by atoms with E-state index in [1.54, 1.807) is 0 Å². The molecule has 0 atom stereocenters. The molecule has 3 heterocycles. The monoisotopic (exact) mass is 281 g/mol. The minimum atomic E-state index is 0.820. The molecule has 0 bridgehead atoms.